The highest BCUT2D eigenvalue weighted by Gasteiger charge is 2.18. The van der Waals surface area contributed by atoms with Crippen molar-refractivity contribution in [2.75, 3.05) is 0 Å². The van der Waals surface area contributed by atoms with Crippen molar-refractivity contribution in [2.24, 2.45) is 0 Å². The zero-order valence-corrected chi connectivity index (χ0v) is 26.8. The predicted molar refractivity (Wildman–Crippen MR) is 203 cm³/mol. The van der Waals surface area contributed by atoms with E-state index in [2.05, 4.69) is 136 Å². The van der Waals surface area contributed by atoms with E-state index in [1.54, 1.807) is 0 Å². The van der Waals surface area contributed by atoms with Gasteiger partial charge in [0.05, 0.1) is 39.4 Å². The molecular formula is C45H27N5. The first kappa shape index (κ1) is 28.0. The number of nitriles is 1. The fourth-order valence-electron chi connectivity index (χ4n) is 7.38. The first-order chi connectivity index (χ1) is 24.7. The maximum Gasteiger partial charge on any atom is 0.137 e. The molecule has 0 aliphatic carbocycles. The summed E-state index contributed by atoms with van der Waals surface area (Å²) in [6, 6.07) is 57.0. The van der Waals surface area contributed by atoms with Crippen LogP contribution in [0.3, 0.4) is 0 Å². The molecule has 0 N–H and O–H groups in total. The van der Waals surface area contributed by atoms with Gasteiger partial charge in [-0.3, -0.25) is 4.40 Å². The lowest BCUT2D eigenvalue weighted by Gasteiger charge is -2.11. The van der Waals surface area contributed by atoms with E-state index in [1.165, 1.54) is 0 Å². The summed E-state index contributed by atoms with van der Waals surface area (Å²) in [5.41, 5.74) is 14.1. The molecule has 0 radical (unpaired) electrons. The number of hydrogen-bond acceptors (Lipinski definition) is 3. The van der Waals surface area contributed by atoms with Crippen LogP contribution in [0.2, 0.25) is 0 Å². The molecule has 0 bridgehead atoms. The van der Waals surface area contributed by atoms with E-state index in [4.69, 9.17) is 9.97 Å². The highest BCUT2D eigenvalue weighted by atomic mass is 15.0. The van der Waals surface area contributed by atoms with Gasteiger partial charge in [0.1, 0.15) is 11.2 Å². The van der Waals surface area contributed by atoms with Crippen molar-refractivity contribution in [1.29, 1.82) is 5.26 Å². The molecule has 0 atom stereocenters. The van der Waals surface area contributed by atoms with Crippen LogP contribution in [0.5, 0.6) is 0 Å². The summed E-state index contributed by atoms with van der Waals surface area (Å²) in [6.07, 6.45) is 2.06. The van der Waals surface area contributed by atoms with Crippen LogP contribution in [0.15, 0.2) is 164 Å². The van der Waals surface area contributed by atoms with Crippen LogP contribution in [-0.2, 0) is 0 Å². The average molecular weight is 638 g/mol. The molecule has 0 fully saturated rings. The minimum absolute atomic E-state index is 0.646. The monoisotopic (exact) mass is 637 g/mol. The second-order valence-electron chi connectivity index (χ2n) is 12.6. The molecule has 4 aromatic heterocycles. The number of rotatable bonds is 4. The van der Waals surface area contributed by atoms with E-state index in [0.29, 0.717) is 5.56 Å². The van der Waals surface area contributed by atoms with Crippen molar-refractivity contribution < 1.29 is 0 Å². The van der Waals surface area contributed by atoms with Gasteiger partial charge in [-0.1, -0.05) is 97.1 Å². The molecule has 5 heteroatoms. The van der Waals surface area contributed by atoms with Crippen molar-refractivity contribution in [3.8, 4) is 45.3 Å². The molecule has 0 spiro atoms. The van der Waals surface area contributed by atoms with Crippen molar-refractivity contribution in [2.45, 2.75) is 0 Å². The Labute approximate surface area is 287 Å². The molecule has 6 aromatic carbocycles. The van der Waals surface area contributed by atoms with Crippen LogP contribution >= 0.6 is 0 Å². The summed E-state index contributed by atoms with van der Waals surface area (Å²) in [7, 11) is 0. The lowest BCUT2D eigenvalue weighted by atomic mass is 9.97. The zero-order chi connectivity index (χ0) is 33.2. The molecule has 4 heterocycles. The van der Waals surface area contributed by atoms with Gasteiger partial charge in [-0.25, -0.2) is 9.97 Å². The van der Waals surface area contributed by atoms with Gasteiger partial charge in [0, 0.05) is 33.6 Å². The Bertz CT molecular complexity index is 2980. The van der Waals surface area contributed by atoms with Gasteiger partial charge < -0.3 is 4.57 Å². The Morgan fingerprint density at radius 3 is 1.96 bits per heavy atom. The topological polar surface area (TPSA) is 58.9 Å². The Kier molecular flexibility index (Phi) is 6.17. The van der Waals surface area contributed by atoms with Crippen LogP contribution in [0.4, 0.5) is 0 Å². The smallest absolute Gasteiger partial charge is 0.137 e. The third-order valence-corrected chi connectivity index (χ3v) is 9.73. The van der Waals surface area contributed by atoms with Crippen LogP contribution < -0.4 is 0 Å². The number of aromatic nitrogens is 4. The number of hydrogen-bond donors (Lipinski definition) is 0. The van der Waals surface area contributed by atoms with E-state index < -0.39 is 0 Å². The van der Waals surface area contributed by atoms with Crippen molar-refractivity contribution in [3.63, 3.8) is 0 Å². The predicted octanol–water partition coefficient (Wildman–Crippen LogP) is 11.0. The molecule has 0 saturated carbocycles. The van der Waals surface area contributed by atoms with Gasteiger partial charge in [-0.2, -0.15) is 5.26 Å². The fourth-order valence-corrected chi connectivity index (χ4v) is 7.38. The summed E-state index contributed by atoms with van der Waals surface area (Å²) in [4.78, 5) is 10.3. The first-order valence-electron chi connectivity index (χ1n) is 16.6. The standard InChI is InChI=1S/C45H27N5/c46-28-29-17-20-36-37-21-18-34(27-41(37)50(40(36)24-29)35-14-5-2-6-15-35)32-13-9-12-31(25-32)33-19-22-39-38(26-33)44-45(49-23-8-7-16-42(49)48-44)43(47-39)30-10-3-1-4-11-30/h1-27H. The first-order valence-corrected chi connectivity index (χ1v) is 16.6. The summed E-state index contributed by atoms with van der Waals surface area (Å²) < 4.78 is 4.41. The molecule has 5 nitrogen and oxygen atoms in total. The van der Waals surface area contributed by atoms with Crippen LogP contribution in [0, 0.1) is 11.3 Å². The molecule has 10 rings (SSSR count). The van der Waals surface area contributed by atoms with Crippen LogP contribution in [-0.4, -0.2) is 18.9 Å². The molecular weight excluding hydrogens is 611 g/mol. The highest BCUT2D eigenvalue weighted by molar-refractivity contribution is 6.11. The lowest BCUT2D eigenvalue weighted by molar-refractivity contribution is 1.18. The minimum atomic E-state index is 0.646. The number of benzene rings is 6. The Morgan fingerprint density at radius 2 is 1.16 bits per heavy atom. The number of pyridine rings is 2. The Balaban J connectivity index is 1.14. The largest absolute Gasteiger partial charge is 0.309 e. The maximum atomic E-state index is 9.68. The van der Waals surface area contributed by atoms with E-state index in [9.17, 15) is 5.26 Å². The van der Waals surface area contributed by atoms with Gasteiger partial charge in [0.25, 0.3) is 0 Å². The van der Waals surface area contributed by atoms with Gasteiger partial charge >= 0.3 is 0 Å². The maximum absolute atomic E-state index is 9.68. The Morgan fingerprint density at radius 1 is 0.500 bits per heavy atom. The molecule has 0 unspecified atom stereocenters. The quantitative estimate of drug-likeness (QED) is 0.193. The third-order valence-electron chi connectivity index (χ3n) is 9.73. The normalized spacial score (nSPS) is 11.6. The van der Waals surface area contributed by atoms with E-state index in [0.717, 1.165) is 88.6 Å². The number of fused-ring (bicyclic) bond motifs is 8. The summed E-state index contributed by atoms with van der Waals surface area (Å²) in [5.74, 6) is 0. The summed E-state index contributed by atoms with van der Waals surface area (Å²) in [5, 5.41) is 13.0. The van der Waals surface area contributed by atoms with E-state index >= 15 is 0 Å². The molecule has 50 heavy (non-hydrogen) atoms. The second kappa shape index (κ2) is 11.0. The van der Waals surface area contributed by atoms with Gasteiger partial charge in [-0.05, 0) is 82.9 Å². The number of imidazole rings is 1. The molecule has 0 aliphatic rings. The zero-order valence-electron chi connectivity index (χ0n) is 26.8. The highest BCUT2D eigenvalue weighted by Crippen LogP contribution is 2.38. The SMILES string of the molecule is N#Cc1ccc2c3ccc(-c4cccc(-c5ccc6nc(-c7ccccc7)c7c(nc8ccccn87)c6c5)c4)cc3n(-c3ccccc3)c2c1. The van der Waals surface area contributed by atoms with Crippen molar-refractivity contribution >= 4 is 49.4 Å². The molecule has 0 amide bonds. The number of para-hydroxylation sites is 1. The average Bonchev–Trinajstić information content (AvgIpc) is 3.74. The van der Waals surface area contributed by atoms with Crippen LogP contribution in [0.25, 0.3) is 88.6 Å². The molecule has 0 saturated heterocycles. The van der Waals surface area contributed by atoms with Crippen LogP contribution in [0.1, 0.15) is 5.56 Å². The second-order valence-corrected chi connectivity index (χ2v) is 12.6. The fraction of sp³-hybridized carbons (Fsp3) is 0. The molecule has 232 valence electrons. The summed E-state index contributed by atoms with van der Waals surface area (Å²) >= 11 is 0. The number of nitrogens with zero attached hydrogens (tertiary/aromatic N) is 5. The minimum Gasteiger partial charge on any atom is -0.309 e. The lowest BCUT2D eigenvalue weighted by Crippen LogP contribution is -1.94. The van der Waals surface area contributed by atoms with E-state index in [1.807, 2.05) is 42.5 Å². The molecule has 10 aromatic rings. The van der Waals surface area contributed by atoms with Gasteiger partial charge in [0.2, 0.25) is 0 Å². The van der Waals surface area contributed by atoms with Gasteiger partial charge in [-0.15, -0.1) is 0 Å². The third kappa shape index (κ3) is 4.33. The van der Waals surface area contributed by atoms with Crippen molar-refractivity contribution in [1.82, 2.24) is 18.9 Å². The van der Waals surface area contributed by atoms with Crippen molar-refractivity contribution in [3.05, 3.63) is 169 Å². The summed E-state index contributed by atoms with van der Waals surface area (Å²) in [6.45, 7) is 0. The van der Waals surface area contributed by atoms with E-state index in [-0.39, 0.29) is 0 Å². The Hall–Kier alpha value is -7.03. The molecule has 0 aliphatic heterocycles. The van der Waals surface area contributed by atoms with Gasteiger partial charge in [0.15, 0.2) is 0 Å².